The Hall–Kier alpha value is -3.67. The normalized spacial score (nSPS) is 31.9. The minimum Gasteiger partial charge on any atom is -0.507 e. The highest BCUT2D eigenvalue weighted by atomic mass is 16.7. The summed E-state index contributed by atoms with van der Waals surface area (Å²) in [5.74, 6) is -1.44. The van der Waals surface area contributed by atoms with Crippen LogP contribution in [0.15, 0.2) is 39.5 Å². The Kier molecular flexibility index (Phi) is 9.44. The summed E-state index contributed by atoms with van der Waals surface area (Å²) in [6.07, 6.45) is -13.0. The number of hydrogen-bond donors (Lipinski definition) is 8. The molecular formula is C30H36O15. The molecule has 2 aliphatic heterocycles. The van der Waals surface area contributed by atoms with Crippen molar-refractivity contribution in [3.8, 4) is 51.4 Å². The Bertz CT molecular complexity index is 1500. The summed E-state index contributed by atoms with van der Waals surface area (Å²) in [7, 11) is 2.62. The predicted molar refractivity (Wildman–Crippen MR) is 152 cm³/mol. The van der Waals surface area contributed by atoms with Crippen molar-refractivity contribution >= 4 is 0 Å². The SMILES string of the molecule is COc1cc(-c2oc3cc(=O)cc(O)c-3cc2O[C@@H]2O[C@H](CO[C@@H]3C[C@@H](C)[C@H](O)[C@@H](O)[C@H]3O)[C@@H](O)[C@H](O)[C@H]2O)cc(OC)c1O. The second kappa shape index (κ2) is 13.0. The summed E-state index contributed by atoms with van der Waals surface area (Å²) in [5, 5.41) is 83.6. The highest BCUT2D eigenvalue weighted by Gasteiger charge is 2.47. The Morgan fingerprint density at radius 3 is 2.09 bits per heavy atom. The second-order valence-electron chi connectivity index (χ2n) is 11.2. The monoisotopic (exact) mass is 636 g/mol. The molecule has 1 aromatic carbocycles. The van der Waals surface area contributed by atoms with Gasteiger partial charge in [0.25, 0.3) is 0 Å². The van der Waals surface area contributed by atoms with Crippen LogP contribution in [0.25, 0.3) is 22.6 Å². The number of fused-ring (bicyclic) bond motifs is 1. The fourth-order valence-corrected chi connectivity index (χ4v) is 5.55. The van der Waals surface area contributed by atoms with E-state index in [1.807, 2.05) is 0 Å². The van der Waals surface area contributed by atoms with E-state index < -0.39 is 78.8 Å². The molecule has 15 nitrogen and oxygen atoms in total. The van der Waals surface area contributed by atoms with Gasteiger partial charge in [-0.05, 0) is 30.5 Å². The van der Waals surface area contributed by atoms with Crippen molar-refractivity contribution in [3.63, 3.8) is 0 Å². The lowest BCUT2D eigenvalue weighted by molar-refractivity contribution is -0.285. The van der Waals surface area contributed by atoms with Crippen molar-refractivity contribution in [3.05, 3.63) is 40.6 Å². The van der Waals surface area contributed by atoms with Crippen LogP contribution in [0.1, 0.15) is 13.3 Å². The van der Waals surface area contributed by atoms with Crippen LogP contribution in [0.3, 0.4) is 0 Å². The Morgan fingerprint density at radius 1 is 0.800 bits per heavy atom. The van der Waals surface area contributed by atoms with E-state index in [9.17, 15) is 45.6 Å². The minimum atomic E-state index is -1.81. The van der Waals surface area contributed by atoms with Crippen molar-refractivity contribution in [1.82, 2.24) is 0 Å². The average Bonchev–Trinajstić information content (AvgIpc) is 3.01. The minimum absolute atomic E-state index is 0.00687. The summed E-state index contributed by atoms with van der Waals surface area (Å²) in [6.45, 7) is 1.27. The van der Waals surface area contributed by atoms with Crippen molar-refractivity contribution in [2.75, 3.05) is 20.8 Å². The van der Waals surface area contributed by atoms with E-state index in [4.69, 9.17) is 28.1 Å². The number of benzene rings is 2. The van der Waals surface area contributed by atoms with Crippen LogP contribution in [0.4, 0.5) is 0 Å². The summed E-state index contributed by atoms with van der Waals surface area (Å²) < 4.78 is 34.0. The number of phenols is 2. The molecule has 5 rings (SSSR count). The lowest BCUT2D eigenvalue weighted by Crippen LogP contribution is -2.61. The van der Waals surface area contributed by atoms with Gasteiger partial charge in [-0.15, -0.1) is 0 Å². The van der Waals surface area contributed by atoms with Gasteiger partial charge in [0.2, 0.25) is 12.0 Å². The van der Waals surface area contributed by atoms with Crippen LogP contribution in [0.5, 0.6) is 28.7 Å². The largest absolute Gasteiger partial charge is 0.507 e. The summed E-state index contributed by atoms with van der Waals surface area (Å²) >= 11 is 0. The zero-order valence-electron chi connectivity index (χ0n) is 24.5. The molecule has 15 heteroatoms. The van der Waals surface area contributed by atoms with Crippen molar-refractivity contribution in [2.45, 2.75) is 68.5 Å². The molecule has 0 spiro atoms. The van der Waals surface area contributed by atoms with Crippen LogP contribution in [0.2, 0.25) is 0 Å². The molecule has 2 heterocycles. The summed E-state index contributed by atoms with van der Waals surface area (Å²) in [5.41, 5.74) is -0.284. The van der Waals surface area contributed by atoms with Crippen LogP contribution >= 0.6 is 0 Å². The van der Waals surface area contributed by atoms with Crippen molar-refractivity contribution in [2.24, 2.45) is 5.92 Å². The number of rotatable bonds is 8. The van der Waals surface area contributed by atoms with Crippen LogP contribution in [0, 0.1) is 5.92 Å². The van der Waals surface area contributed by atoms with Gasteiger partial charge < -0.3 is 69.0 Å². The summed E-state index contributed by atoms with van der Waals surface area (Å²) in [4.78, 5) is 12.1. The fourth-order valence-electron chi connectivity index (χ4n) is 5.55. The van der Waals surface area contributed by atoms with E-state index in [0.29, 0.717) is 0 Å². The number of hydrogen-bond acceptors (Lipinski definition) is 15. The molecule has 2 aliphatic carbocycles. The molecule has 45 heavy (non-hydrogen) atoms. The van der Waals surface area contributed by atoms with Crippen LogP contribution in [-0.2, 0) is 9.47 Å². The average molecular weight is 637 g/mol. The van der Waals surface area contributed by atoms with Gasteiger partial charge in [-0.1, -0.05) is 6.92 Å². The molecule has 0 unspecified atom stereocenters. The quantitative estimate of drug-likeness (QED) is 0.156. The maximum atomic E-state index is 12.1. The van der Waals surface area contributed by atoms with Crippen LogP contribution < -0.4 is 19.6 Å². The highest BCUT2D eigenvalue weighted by molar-refractivity contribution is 5.77. The first kappa shape index (κ1) is 32.7. The van der Waals surface area contributed by atoms with E-state index in [-0.39, 0.29) is 52.1 Å². The standard InChI is InChI=1S/C30H36O15/c1-11-4-19(24(35)26(37)22(11)33)42-10-21-25(36)27(38)28(39)30(45-21)44-20-9-14-15(32)7-13(31)8-16(14)43-29(20)12-5-17(40-2)23(34)18(6-12)41-3/h5-9,11,19,21-22,24-28,30,32-39H,4,10H2,1-3H3/t11-,19-,21-,22+,24+,25-,26-,27+,28-,30-/m1/s1. The van der Waals surface area contributed by atoms with Gasteiger partial charge in [-0.3, -0.25) is 4.79 Å². The molecule has 1 aromatic rings. The molecule has 4 aliphatic rings. The highest BCUT2D eigenvalue weighted by Crippen LogP contribution is 2.46. The maximum absolute atomic E-state index is 12.1. The molecule has 2 fully saturated rings. The van der Waals surface area contributed by atoms with Gasteiger partial charge in [0.05, 0.1) is 38.6 Å². The smallest absolute Gasteiger partial charge is 0.229 e. The van der Waals surface area contributed by atoms with Gasteiger partial charge in [-0.2, -0.15) is 0 Å². The van der Waals surface area contributed by atoms with E-state index in [2.05, 4.69) is 0 Å². The van der Waals surface area contributed by atoms with E-state index >= 15 is 0 Å². The fraction of sp³-hybridized carbons (Fsp3) is 0.500. The number of ether oxygens (including phenoxy) is 5. The number of methoxy groups -OCH3 is 2. The van der Waals surface area contributed by atoms with Crippen molar-refractivity contribution in [1.29, 1.82) is 0 Å². The molecule has 1 saturated carbocycles. The second-order valence-corrected chi connectivity index (χ2v) is 11.2. The van der Waals surface area contributed by atoms with Gasteiger partial charge in [0.1, 0.15) is 48.1 Å². The third kappa shape index (κ3) is 6.25. The zero-order chi connectivity index (χ0) is 32.7. The van der Waals surface area contributed by atoms with Gasteiger partial charge >= 0.3 is 0 Å². The number of aromatic hydroxyl groups is 2. The van der Waals surface area contributed by atoms with E-state index in [1.54, 1.807) is 6.92 Å². The van der Waals surface area contributed by atoms with Crippen molar-refractivity contribution < 1.29 is 69.0 Å². The zero-order valence-corrected chi connectivity index (χ0v) is 24.5. The van der Waals surface area contributed by atoms with Gasteiger partial charge in [-0.25, -0.2) is 0 Å². The van der Waals surface area contributed by atoms with E-state index in [1.165, 1.54) is 32.4 Å². The lowest BCUT2D eigenvalue weighted by atomic mass is 9.82. The molecule has 1 saturated heterocycles. The molecule has 0 aromatic heterocycles. The molecule has 0 amide bonds. The number of aliphatic hydroxyl groups excluding tert-OH is 6. The molecule has 246 valence electrons. The molecule has 0 radical (unpaired) electrons. The summed E-state index contributed by atoms with van der Waals surface area (Å²) in [6, 6.07) is 6.16. The van der Waals surface area contributed by atoms with Crippen LogP contribution in [-0.4, -0.2) is 117 Å². The number of aliphatic hydroxyl groups is 6. The topological polar surface area (TPSA) is 238 Å². The maximum Gasteiger partial charge on any atom is 0.229 e. The molecule has 10 atom stereocenters. The first-order chi connectivity index (χ1) is 21.3. The van der Waals surface area contributed by atoms with Gasteiger partial charge in [0.15, 0.2) is 28.4 Å². The lowest BCUT2D eigenvalue weighted by Gasteiger charge is -2.42. The first-order valence-corrected chi connectivity index (χ1v) is 14.1. The molecule has 0 bridgehead atoms. The molecule has 8 N–H and O–H groups in total. The Balaban J connectivity index is 1.49. The first-order valence-electron chi connectivity index (χ1n) is 14.1. The molecular weight excluding hydrogens is 600 g/mol. The van der Waals surface area contributed by atoms with Gasteiger partial charge in [0, 0.05) is 17.7 Å². The number of phenolic OH excluding ortho intramolecular Hbond substituents is 2. The predicted octanol–water partition coefficient (Wildman–Crippen LogP) is -0.466. The Morgan fingerprint density at radius 2 is 1.44 bits per heavy atom. The third-order valence-corrected chi connectivity index (χ3v) is 8.20. The van der Waals surface area contributed by atoms with E-state index in [0.717, 1.165) is 12.1 Å². The Labute approximate surface area is 256 Å². The third-order valence-electron chi connectivity index (χ3n) is 8.20.